The first kappa shape index (κ1) is 14.4. The standard InChI is InChI=1S/C15H11N7OS/c23-14(11-2-1-9-5-19-22-13(9)21-11)18-6-10-8-24-15(20-10)12-7-16-3-4-17-12/h1-5,7-8H,6H2,(H,18,23)(H,19,21,22). The topological polar surface area (TPSA) is 109 Å². The Morgan fingerprint density at radius 2 is 2.17 bits per heavy atom. The lowest BCUT2D eigenvalue weighted by Crippen LogP contribution is -2.23. The first-order chi connectivity index (χ1) is 11.8. The van der Waals surface area contributed by atoms with Crippen molar-refractivity contribution < 1.29 is 4.79 Å². The number of H-pyrrole nitrogens is 1. The lowest BCUT2D eigenvalue weighted by atomic mass is 10.3. The van der Waals surface area contributed by atoms with Gasteiger partial charge in [-0.2, -0.15) is 5.10 Å². The number of fused-ring (bicyclic) bond motifs is 1. The molecule has 0 saturated heterocycles. The van der Waals surface area contributed by atoms with Crippen molar-refractivity contribution >= 4 is 28.3 Å². The minimum absolute atomic E-state index is 0.263. The van der Waals surface area contributed by atoms with Crippen LogP contribution in [0.15, 0.2) is 42.3 Å². The van der Waals surface area contributed by atoms with Gasteiger partial charge in [0.25, 0.3) is 5.91 Å². The van der Waals surface area contributed by atoms with E-state index >= 15 is 0 Å². The van der Waals surface area contributed by atoms with Crippen molar-refractivity contribution in [3.8, 4) is 10.7 Å². The van der Waals surface area contributed by atoms with Crippen LogP contribution >= 0.6 is 11.3 Å². The van der Waals surface area contributed by atoms with Gasteiger partial charge in [0.1, 0.15) is 16.4 Å². The SMILES string of the molecule is O=C(NCc1csc(-c2cnccn2)n1)c1ccc2cn[nH]c2n1. The fraction of sp³-hybridized carbons (Fsp3) is 0.0667. The highest BCUT2D eigenvalue weighted by Gasteiger charge is 2.11. The van der Waals surface area contributed by atoms with Gasteiger partial charge in [0.2, 0.25) is 0 Å². The van der Waals surface area contributed by atoms with Crippen LogP contribution in [0, 0.1) is 0 Å². The van der Waals surface area contributed by atoms with Gasteiger partial charge < -0.3 is 5.32 Å². The number of nitrogens with zero attached hydrogens (tertiary/aromatic N) is 5. The van der Waals surface area contributed by atoms with Crippen LogP contribution in [0.4, 0.5) is 0 Å². The van der Waals surface area contributed by atoms with E-state index in [0.717, 1.165) is 16.1 Å². The summed E-state index contributed by atoms with van der Waals surface area (Å²) in [5.74, 6) is -0.263. The first-order valence-electron chi connectivity index (χ1n) is 7.09. The molecule has 0 atom stereocenters. The van der Waals surface area contributed by atoms with Crippen molar-refractivity contribution in [1.82, 2.24) is 35.5 Å². The molecular weight excluding hydrogens is 326 g/mol. The van der Waals surface area contributed by atoms with E-state index in [-0.39, 0.29) is 5.91 Å². The molecule has 8 nitrogen and oxygen atoms in total. The Bertz CT molecular complexity index is 995. The molecule has 4 aromatic rings. The van der Waals surface area contributed by atoms with Crippen molar-refractivity contribution in [2.24, 2.45) is 0 Å². The largest absolute Gasteiger partial charge is 0.345 e. The van der Waals surface area contributed by atoms with E-state index in [9.17, 15) is 4.79 Å². The molecular formula is C15H11N7OS. The summed E-state index contributed by atoms with van der Waals surface area (Å²) >= 11 is 1.46. The number of aromatic nitrogens is 6. The molecule has 0 aromatic carbocycles. The Hall–Kier alpha value is -3.20. The highest BCUT2D eigenvalue weighted by atomic mass is 32.1. The number of rotatable bonds is 4. The molecule has 0 aliphatic carbocycles. The monoisotopic (exact) mass is 337 g/mol. The molecule has 4 aromatic heterocycles. The highest BCUT2D eigenvalue weighted by Crippen LogP contribution is 2.20. The fourth-order valence-corrected chi connectivity index (χ4v) is 2.91. The van der Waals surface area contributed by atoms with Crippen LogP contribution in [0.25, 0.3) is 21.7 Å². The predicted octanol–water partition coefficient (Wildman–Crippen LogP) is 1.80. The van der Waals surface area contributed by atoms with E-state index in [1.165, 1.54) is 11.3 Å². The van der Waals surface area contributed by atoms with Crippen molar-refractivity contribution in [2.45, 2.75) is 6.54 Å². The number of hydrogen-bond donors (Lipinski definition) is 2. The first-order valence-corrected chi connectivity index (χ1v) is 7.97. The number of carbonyl (C=O) groups is 1. The second-order valence-corrected chi connectivity index (χ2v) is 5.78. The van der Waals surface area contributed by atoms with E-state index in [4.69, 9.17) is 0 Å². The van der Waals surface area contributed by atoms with E-state index in [2.05, 4.69) is 35.5 Å². The lowest BCUT2D eigenvalue weighted by Gasteiger charge is -2.02. The number of thiazole rings is 1. The fourth-order valence-electron chi connectivity index (χ4n) is 2.13. The molecule has 0 bridgehead atoms. The van der Waals surface area contributed by atoms with Crippen LogP contribution in [-0.2, 0) is 6.54 Å². The maximum atomic E-state index is 12.2. The number of aromatic amines is 1. The van der Waals surface area contributed by atoms with E-state index < -0.39 is 0 Å². The third-order valence-corrected chi connectivity index (χ3v) is 4.21. The second-order valence-electron chi connectivity index (χ2n) is 4.92. The van der Waals surface area contributed by atoms with Crippen LogP contribution in [0.1, 0.15) is 16.2 Å². The summed E-state index contributed by atoms with van der Waals surface area (Å²) in [4.78, 5) is 29.1. The summed E-state index contributed by atoms with van der Waals surface area (Å²) in [6, 6.07) is 3.47. The predicted molar refractivity (Wildman–Crippen MR) is 88.2 cm³/mol. The molecule has 0 aliphatic heterocycles. The van der Waals surface area contributed by atoms with Crippen LogP contribution in [0.5, 0.6) is 0 Å². The molecule has 4 rings (SSSR count). The molecule has 24 heavy (non-hydrogen) atoms. The molecule has 4 heterocycles. The van der Waals surface area contributed by atoms with Gasteiger partial charge in [-0.1, -0.05) is 0 Å². The van der Waals surface area contributed by atoms with Gasteiger partial charge in [0.05, 0.1) is 24.6 Å². The van der Waals surface area contributed by atoms with Crippen molar-refractivity contribution in [2.75, 3.05) is 0 Å². The molecule has 0 unspecified atom stereocenters. The molecule has 0 aliphatic rings. The molecule has 1 amide bonds. The smallest absolute Gasteiger partial charge is 0.270 e. The molecule has 2 N–H and O–H groups in total. The minimum atomic E-state index is -0.263. The Morgan fingerprint density at radius 1 is 1.21 bits per heavy atom. The van der Waals surface area contributed by atoms with Gasteiger partial charge in [0, 0.05) is 23.2 Å². The van der Waals surface area contributed by atoms with Gasteiger partial charge in [-0.3, -0.25) is 19.9 Å². The number of amides is 1. The van der Waals surface area contributed by atoms with E-state index in [1.54, 1.807) is 36.9 Å². The molecule has 0 saturated carbocycles. The Kier molecular flexibility index (Phi) is 3.67. The molecule has 118 valence electrons. The van der Waals surface area contributed by atoms with Gasteiger partial charge in [-0.15, -0.1) is 11.3 Å². The average molecular weight is 337 g/mol. The third-order valence-electron chi connectivity index (χ3n) is 3.30. The summed E-state index contributed by atoms with van der Waals surface area (Å²) in [5.41, 5.74) is 2.39. The number of pyridine rings is 1. The van der Waals surface area contributed by atoms with Crippen LogP contribution in [0.3, 0.4) is 0 Å². The molecule has 9 heteroatoms. The van der Waals surface area contributed by atoms with Crippen molar-refractivity contribution in [3.05, 3.63) is 53.7 Å². The number of nitrogens with one attached hydrogen (secondary N) is 2. The normalized spacial score (nSPS) is 10.8. The zero-order chi connectivity index (χ0) is 16.4. The summed E-state index contributed by atoms with van der Waals surface area (Å²) in [6.45, 7) is 0.318. The Labute approximate surface area is 140 Å². The summed E-state index contributed by atoms with van der Waals surface area (Å²) in [6.07, 6.45) is 6.55. The average Bonchev–Trinajstić information content (AvgIpc) is 3.29. The van der Waals surface area contributed by atoms with Crippen LogP contribution in [-0.4, -0.2) is 36.0 Å². The van der Waals surface area contributed by atoms with Crippen molar-refractivity contribution in [3.63, 3.8) is 0 Å². The van der Waals surface area contributed by atoms with Gasteiger partial charge in [0.15, 0.2) is 5.65 Å². The zero-order valence-electron chi connectivity index (χ0n) is 12.3. The summed E-state index contributed by atoms with van der Waals surface area (Å²) in [5, 5.41) is 13.0. The van der Waals surface area contributed by atoms with E-state index in [0.29, 0.717) is 23.6 Å². The van der Waals surface area contributed by atoms with Crippen LogP contribution in [0.2, 0.25) is 0 Å². The molecule has 0 radical (unpaired) electrons. The number of carbonyl (C=O) groups excluding carboxylic acids is 1. The maximum Gasteiger partial charge on any atom is 0.270 e. The second kappa shape index (κ2) is 6.13. The van der Waals surface area contributed by atoms with E-state index in [1.807, 2.05) is 5.38 Å². The van der Waals surface area contributed by atoms with Crippen molar-refractivity contribution in [1.29, 1.82) is 0 Å². The van der Waals surface area contributed by atoms with Gasteiger partial charge >= 0.3 is 0 Å². The van der Waals surface area contributed by atoms with Gasteiger partial charge in [-0.05, 0) is 12.1 Å². The maximum absolute atomic E-state index is 12.2. The zero-order valence-corrected chi connectivity index (χ0v) is 13.1. The summed E-state index contributed by atoms with van der Waals surface area (Å²) < 4.78 is 0. The molecule has 0 spiro atoms. The highest BCUT2D eigenvalue weighted by molar-refractivity contribution is 7.13. The summed E-state index contributed by atoms with van der Waals surface area (Å²) in [7, 11) is 0. The lowest BCUT2D eigenvalue weighted by molar-refractivity contribution is 0.0946. The Morgan fingerprint density at radius 3 is 3.04 bits per heavy atom. The van der Waals surface area contributed by atoms with Gasteiger partial charge in [-0.25, -0.2) is 9.97 Å². The quantitative estimate of drug-likeness (QED) is 0.588. The minimum Gasteiger partial charge on any atom is -0.345 e. The van der Waals surface area contributed by atoms with Crippen LogP contribution < -0.4 is 5.32 Å². The Balaban J connectivity index is 1.45. The number of hydrogen-bond acceptors (Lipinski definition) is 7. The molecule has 0 fully saturated rings. The third kappa shape index (κ3) is 2.84.